The molecule has 0 spiro atoms. The maximum absolute atomic E-state index is 11.4. The monoisotopic (exact) mass is 188 g/mol. The molecule has 3 nitrogen and oxygen atoms in total. The van der Waals surface area contributed by atoms with E-state index in [9.17, 15) is 4.79 Å². The van der Waals surface area contributed by atoms with Crippen LogP contribution in [0.1, 0.15) is 15.9 Å². The summed E-state index contributed by atoms with van der Waals surface area (Å²) in [7, 11) is 0. The molecule has 72 valence electrons. The topological polar surface area (TPSA) is 55.1 Å². The molecule has 1 amide bonds. The van der Waals surface area contributed by atoms with Gasteiger partial charge in [0.25, 0.3) is 5.91 Å². The SMILES string of the molecule is C#CCNC(=O)c1ccc(CN)cc1. The molecule has 0 unspecified atom stereocenters. The van der Waals surface area contributed by atoms with E-state index in [2.05, 4.69) is 11.2 Å². The van der Waals surface area contributed by atoms with Gasteiger partial charge in [0, 0.05) is 12.1 Å². The molecule has 0 aliphatic carbocycles. The Labute approximate surface area is 83.3 Å². The van der Waals surface area contributed by atoms with Crippen molar-refractivity contribution in [1.82, 2.24) is 5.32 Å². The van der Waals surface area contributed by atoms with Crippen molar-refractivity contribution < 1.29 is 4.79 Å². The average Bonchev–Trinajstić information content (AvgIpc) is 2.26. The highest BCUT2D eigenvalue weighted by molar-refractivity contribution is 5.94. The third-order valence-electron chi connectivity index (χ3n) is 1.80. The molecule has 0 heterocycles. The molecule has 0 aromatic heterocycles. The molecule has 0 radical (unpaired) electrons. The average molecular weight is 188 g/mol. The number of nitrogens with two attached hydrogens (primary N) is 1. The zero-order chi connectivity index (χ0) is 10.4. The third kappa shape index (κ3) is 2.61. The van der Waals surface area contributed by atoms with Gasteiger partial charge in [-0.15, -0.1) is 6.42 Å². The Morgan fingerprint density at radius 1 is 1.43 bits per heavy atom. The summed E-state index contributed by atoms with van der Waals surface area (Å²) in [6, 6.07) is 7.11. The van der Waals surface area contributed by atoms with Gasteiger partial charge in [0.05, 0.1) is 6.54 Å². The maximum Gasteiger partial charge on any atom is 0.252 e. The summed E-state index contributed by atoms with van der Waals surface area (Å²) in [6.45, 7) is 0.726. The first-order valence-corrected chi connectivity index (χ1v) is 4.28. The lowest BCUT2D eigenvalue weighted by atomic mass is 10.1. The Kier molecular flexibility index (Phi) is 3.71. The second-order valence-electron chi connectivity index (χ2n) is 2.79. The number of amides is 1. The number of hydrogen-bond donors (Lipinski definition) is 2. The van der Waals surface area contributed by atoms with Crippen molar-refractivity contribution in [2.75, 3.05) is 6.54 Å². The normalized spacial score (nSPS) is 9.14. The summed E-state index contributed by atoms with van der Waals surface area (Å²) < 4.78 is 0. The van der Waals surface area contributed by atoms with Crippen LogP contribution in [0, 0.1) is 12.3 Å². The van der Waals surface area contributed by atoms with Crippen LogP contribution in [0.4, 0.5) is 0 Å². The van der Waals surface area contributed by atoms with Gasteiger partial charge in [0.1, 0.15) is 0 Å². The fourth-order valence-corrected chi connectivity index (χ4v) is 1.03. The van der Waals surface area contributed by atoms with Crippen LogP contribution in [0.25, 0.3) is 0 Å². The van der Waals surface area contributed by atoms with Gasteiger partial charge in [-0.25, -0.2) is 0 Å². The van der Waals surface area contributed by atoms with E-state index in [-0.39, 0.29) is 12.5 Å². The Balaban J connectivity index is 2.67. The molecule has 3 heteroatoms. The van der Waals surface area contributed by atoms with Gasteiger partial charge in [-0.1, -0.05) is 18.1 Å². The summed E-state index contributed by atoms with van der Waals surface area (Å²) in [5.41, 5.74) is 7.02. The Bertz CT molecular complexity index is 349. The van der Waals surface area contributed by atoms with Crippen LogP contribution in [-0.4, -0.2) is 12.5 Å². The molecular weight excluding hydrogens is 176 g/mol. The van der Waals surface area contributed by atoms with Gasteiger partial charge >= 0.3 is 0 Å². The first-order chi connectivity index (χ1) is 6.77. The maximum atomic E-state index is 11.4. The molecule has 1 aromatic carbocycles. The highest BCUT2D eigenvalue weighted by Crippen LogP contribution is 2.03. The van der Waals surface area contributed by atoms with E-state index in [4.69, 9.17) is 12.2 Å². The summed E-state index contributed by atoms with van der Waals surface area (Å²) in [4.78, 5) is 11.4. The van der Waals surface area contributed by atoms with Gasteiger partial charge in [-0.05, 0) is 17.7 Å². The zero-order valence-electron chi connectivity index (χ0n) is 7.79. The summed E-state index contributed by atoms with van der Waals surface area (Å²) in [5.74, 6) is 2.18. The van der Waals surface area contributed by atoms with Crippen molar-refractivity contribution in [2.45, 2.75) is 6.54 Å². The molecule has 3 N–H and O–H groups in total. The molecular formula is C11H12N2O. The standard InChI is InChI=1S/C11H12N2O/c1-2-7-13-11(14)10-5-3-9(8-12)4-6-10/h1,3-6H,7-8,12H2,(H,13,14). The summed E-state index contributed by atoms with van der Waals surface area (Å²) in [5, 5.41) is 2.58. The quantitative estimate of drug-likeness (QED) is 0.679. The predicted octanol–water partition coefficient (Wildman–Crippen LogP) is 0.508. The Morgan fingerprint density at radius 3 is 2.57 bits per heavy atom. The number of terminal acetylenes is 1. The van der Waals surface area contributed by atoms with Crippen LogP contribution < -0.4 is 11.1 Å². The van der Waals surface area contributed by atoms with Gasteiger partial charge in [-0.3, -0.25) is 4.79 Å². The van der Waals surface area contributed by atoms with E-state index < -0.39 is 0 Å². The minimum absolute atomic E-state index is 0.161. The van der Waals surface area contributed by atoms with Crippen molar-refractivity contribution >= 4 is 5.91 Å². The highest BCUT2D eigenvalue weighted by Gasteiger charge is 2.02. The smallest absolute Gasteiger partial charge is 0.252 e. The lowest BCUT2D eigenvalue weighted by Crippen LogP contribution is -2.23. The lowest BCUT2D eigenvalue weighted by Gasteiger charge is -2.02. The number of nitrogens with one attached hydrogen (secondary N) is 1. The van der Waals surface area contributed by atoms with Crippen LogP contribution in [0.15, 0.2) is 24.3 Å². The molecule has 0 fully saturated rings. The first-order valence-electron chi connectivity index (χ1n) is 4.28. The molecule has 0 aliphatic heterocycles. The van der Waals surface area contributed by atoms with Crippen LogP contribution in [-0.2, 0) is 6.54 Å². The third-order valence-corrected chi connectivity index (χ3v) is 1.80. The van der Waals surface area contributed by atoms with Crippen molar-refractivity contribution in [1.29, 1.82) is 0 Å². The fourth-order valence-electron chi connectivity index (χ4n) is 1.03. The number of rotatable bonds is 3. The molecule has 0 atom stereocenters. The molecule has 0 bridgehead atoms. The first kappa shape index (κ1) is 10.3. The minimum Gasteiger partial charge on any atom is -0.341 e. The number of hydrogen-bond acceptors (Lipinski definition) is 2. The number of carbonyl (C=O) groups is 1. The zero-order valence-corrected chi connectivity index (χ0v) is 7.79. The molecule has 0 aliphatic rings. The Morgan fingerprint density at radius 2 is 2.07 bits per heavy atom. The van der Waals surface area contributed by atoms with Crippen molar-refractivity contribution in [2.24, 2.45) is 5.73 Å². The molecule has 1 aromatic rings. The van der Waals surface area contributed by atoms with E-state index in [0.717, 1.165) is 5.56 Å². The van der Waals surface area contributed by atoms with E-state index in [1.54, 1.807) is 12.1 Å². The van der Waals surface area contributed by atoms with Crippen LogP contribution in [0.2, 0.25) is 0 Å². The predicted molar refractivity (Wildman–Crippen MR) is 55.5 cm³/mol. The lowest BCUT2D eigenvalue weighted by molar-refractivity contribution is 0.0958. The number of carbonyl (C=O) groups excluding carboxylic acids is 1. The molecule has 0 saturated heterocycles. The van der Waals surface area contributed by atoms with Gasteiger partial charge in [0.15, 0.2) is 0 Å². The van der Waals surface area contributed by atoms with E-state index in [1.807, 2.05) is 12.1 Å². The molecule has 0 saturated carbocycles. The number of benzene rings is 1. The van der Waals surface area contributed by atoms with Gasteiger partial charge in [0.2, 0.25) is 0 Å². The van der Waals surface area contributed by atoms with Crippen LogP contribution >= 0.6 is 0 Å². The second-order valence-corrected chi connectivity index (χ2v) is 2.79. The van der Waals surface area contributed by atoms with Crippen LogP contribution in [0.3, 0.4) is 0 Å². The van der Waals surface area contributed by atoms with Gasteiger partial charge in [-0.2, -0.15) is 0 Å². The van der Waals surface area contributed by atoms with E-state index in [0.29, 0.717) is 12.1 Å². The summed E-state index contributed by atoms with van der Waals surface area (Å²) >= 11 is 0. The van der Waals surface area contributed by atoms with E-state index in [1.165, 1.54) is 0 Å². The van der Waals surface area contributed by atoms with Crippen molar-refractivity contribution in [3.05, 3.63) is 35.4 Å². The van der Waals surface area contributed by atoms with Crippen LogP contribution in [0.5, 0.6) is 0 Å². The largest absolute Gasteiger partial charge is 0.341 e. The van der Waals surface area contributed by atoms with E-state index >= 15 is 0 Å². The second kappa shape index (κ2) is 5.05. The highest BCUT2D eigenvalue weighted by atomic mass is 16.1. The van der Waals surface area contributed by atoms with Crippen molar-refractivity contribution in [3.8, 4) is 12.3 Å². The molecule has 14 heavy (non-hydrogen) atoms. The minimum atomic E-state index is -0.161. The van der Waals surface area contributed by atoms with Gasteiger partial charge < -0.3 is 11.1 Å². The Hall–Kier alpha value is -1.79. The summed E-state index contributed by atoms with van der Waals surface area (Å²) in [6.07, 6.45) is 5.02. The van der Waals surface area contributed by atoms with Crippen molar-refractivity contribution in [3.63, 3.8) is 0 Å². The fraction of sp³-hybridized carbons (Fsp3) is 0.182. The molecule has 1 rings (SSSR count).